The lowest BCUT2D eigenvalue weighted by molar-refractivity contribution is -0.290. The van der Waals surface area contributed by atoms with Crippen LogP contribution in [0.1, 0.15) is 45.4 Å². The highest BCUT2D eigenvalue weighted by molar-refractivity contribution is 6.57. The summed E-state index contributed by atoms with van der Waals surface area (Å²) in [5.41, 5.74) is -0.403. The van der Waals surface area contributed by atoms with Crippen molar-refractivity contribution >= 4 is 14.8 Å². The van der Waals surface area contributed by atoms with Crippen molar-refractivity contribution in [3.05, 3.63) is 0 Å². The van der Waals surface area contributed by atoms with Crippen LogP contribution in [0.25, 0.3) is 0 Å². The van der Waals surface area contributed by atoms with Crippen molar-refractivity contribution in [2.75, 3.05) is 13.2 Å². The number of aliphatic hydroxyl groups is 6. The molecule has 6 N–H and O–H groups in total. The van der Waals surface area contributed by atoms with Crippen LogP contribution >= 0.6 is 0 Å². The van der Waals surface area contributed by atoms with Gasteiger partial charge >= 0.3 is 5.97 Å². The van der Waals surface area contributed by atoms with Gasteiger partial charge in [0.25, 0.3) is 0 Å². The molecule has 0 bridgehead atoms. The maximum absolute atomic E-state index is 11.7. The van der Waals surface area contributed by atoms with Crippen LogP contribution in [0.4, 0.5) is 0 Å². The highest BCUT2D eigenvalue weighted by atomic mass is 28.3. The van der Waals surface area contributed by atoms with E-state index in [0.29, 0.717) is 6.42 Å². The van der Waals surface area contributed by atoms with Gasteiger partial charge in [-0.2, -0.15) is 0 Å². The van der Waals surface area contributed by atoms with Gasteiger partial charge in [0.15, 0.2) is 12.4 Å². The Morgan fingerprint density at radius 2 is 1.68 bits per heavy atom. The maximum Gasteiger partial charge on any atom is 0.306 e. The smallest absolute Gasteiger partial charge is 0.306 e. The molecule has 9 nitrogen and oxygen atoms in total. The molecule has 10 heteroatoms. The zero-order valence-electron chi connectivity index (χ0n) is 17.1. The van der Waals surface area contributed by atoms with Crippen LogP contribution in [-0.2, 0) is 14.3 Å². The van der Waals surface area contributed by atoms with E-state index in [-0.39, 0.29) is 13.0 Å². The van der Waals surface area contributed by atoms with Gasteiger partial charge in [0, 0.05) is 6.42 Å². The van der Waals surface area contributed by atoms with Gasteiger partial charge in [0.2, 0.25) is 0 Å². The van der Waals surface area contributed by atoms with Crippen molar-refractivity contribution in [3.63, 3.8) is 0 Å². The number of carbonyl (C=O) groups is 1. The highest BCUT2D eigenvalue weighted by Gasteiger charge is 2.45. The summed E-state index contributed by atoms with van der Waals surface area (Å²) in [6.07, 6.45) is -1.82. The lowest BCUT2D eigenvalue weighted by atomic mass is 9.99. The van der Waals surface area contributed by atoms with Gasteiger partial charge in [-0.1, -0.05) is 45.7 Å². The number of rotatable bonds is 10. The van der Waals surface area contributed by atoms with Gasteiger partial charge < -0.3 is 40.1 Å². The van der Waals surface area contributed by atoms with E-state index in [1.54, 1.807) is 0 Å². The number of aliphatic hydroxyl groups excluding tert-OH is 6. The van der Waals surface area contributed by atoms with E-state index in [1.165, 1.54) is 0 Å². The summed E-state index contributed by atoms with van der Waals surface area (Å²) in [4.78, 5) is 11.7. The second-order valence-electron chi connectivity index (χ2n) is 7.34. The lowest BCUT2D eigenvalue weighted by Gasteiger charge is -2.39. The van der Waals surface area contributed by atoms with Crippen molar-refractivity contribution < 1.29 is 44.9 Å². The molecule has 0 spiro atoms. The normalized spacial score (nSPS) is 28.4. The molecule has 0 aromatic rings. The first kappa shape index (κ1) is 27.4. The molecular formula is C18H38O9Si. The van der Waals surface area contributed by atoms with Gasteiger partial charge in [-0.15, -0.1) is 0 Å². The summed E-state index contributed by atoms with van der Waals surface area (Å²) < 4.78 is 9.89. The summed E-state index contributed by atoms with van der Waals surface area (Å²) in [7, 11) is -0.959. The molecule has 1 rings (SSSR count). The van der Waals surface area contributed by atoms with E-state index in [2.05, 4.69) is 6.92 Å². The molecule has 1 unspecified atom stereocenters. The van der Waals surface area contributed by atoms with E-state index in [1.807, 2.05) is 13.1 Å². The molecule has 0 aliphatic carbocycles. The largest absolute Gasteiger partial charge is 0.454 e. The number of esters is 1. The third kappa shape index (κ3) is 10.3. The zero-order valence-corrected chi connectivity index (χ0v) is 18.3. The van der Waals surface area contributed by atoms with E-state index in [0.717, 1.165) is 25.7 Å². The quantitative estimate of drug-likeness (QED) is 0.147. The standard InChI is InChI=1S/C14H26O7.C4H12O2Si/c1-2-3-4-5-6-7-10(16)21-13-12(18)11(17)9(8-15)20-14(13)19;1-7(2)4(6)3-5/h9,11-15,17-19H,2-8H2,1H3;4-7H,3H2,1-2H3/t9-,11-,12+,13+,14-;/m1./s1. The van der Waals surface area contributed by atoms with Crippen LogP contribution in [0, 0.1) is 0 Å². The van der Waals surface area contributed by atoms with Crippen LogP contribution in [0.5, 0.6) is 0 Å². The minimum absolute atomic E-state index is 0.0656. The van der Waals surface area contributed by atoms with Gasteiger partial charge in [0.05, 0.1) is 27.7 Å². The van der Waals surface area contributed by atoms with Crippen molar-refractivity contribution in [2.45, 2.75) is 95.0 Å². The predicted octanol–water partition coefficient (Wildman–Crippen LogP) is -0.944. The molecule has 1 heterocycles. The van der Waals surface area contributed by atoms with Gasteiger partial charge in [-0.3, -0.25) is 4.79 Å². The third-order valence-corrected chi connectivity index (χ3v) is 6.30. The fourth-order valence-electron chi connectivity index (χ4n) is 2.49. The van der Waals surface area contributed by atoms with Crippen molar-refractivity contribution in [3.8, 4) is 0 Å². The molecule has 1 aliphatic rings. The molecular weight excluding hydrogens is 388 g/mol. The first-order chi connectivity index (χ1) is 13.2. The Labute approximate surface area is 168 Å². The Morgan fingerprint density at radius 1 is 1.07 bits per heavy atom. The first-order valence-corrected chi connectivity index (χ1v) is 13.0. The minimum Gasteiger partial charge on any atom is -0.454 e. The van der Waals surface area contributed by atoms with Gasteiger partial charge in [-0.25, -0.2) is 0 Å². The molecule has 1 fully saturated rings. The molecule has 0 aromatic carbocycles. The Morgan fingerprint density at radius 3 is 2.14 bits per heavy atom. The van der Waals surface area contributed by atoms with E-state index < -0.39 is 57.8 Å². The van der Waals surface area contributed by atoms with Crippen LogP contribution in [-0.4, -0.2) is 95.1 Å². The van der Waals surface area contributed by atoms with Crippen LogP contribution in [0.2, 0.25) is 13.1 Å². The molecule has 0 radical (unpaired) electrons. The molecule has 28 heavy (non-hydrogen) atoms. The Kier molecular flexibility index (Phi) is 15.0. The number of unbranched alkanes of at least 4 members (excludes halogenated alkanes) is 4. The fraction of sp³-hybridized carbons (Fsp3) is 0.944. The molecule has 0 amide bonds. The summed E-state index contributed by atoms with van der Waals surface area (Å²) in [5, 5.41) is 55.1. The SMILES string of the molecule is CCCCCCCC(=O)O[C@H]1[C@@H](O)[C@H](O)[C@@H](CO)O[C@H]1O.C[SiH](C)C(O)CO. The second kappa shape index (κ2) is 15.3. The monoisotopic (exact) mass is 426 g/mol. The van der Waals surface area contributed by atoms with Gasteiger partial charge in [-0.05, 0) is 6.42 Å². The summed E-state index contributed by atoms with van der Waals surface area (Å²) in [6, 6.07) is 0. The average molecular weight is 427 g/mol. The number of ether oxygens (including phenoxy) is 2. The zero-order chi connectivity index (χ0) is 21.7. The Bertz CT molecular complexity index is 411. The van der Waals surface area contributed by atoms with E-state index >= 15 is 0 Å². The molecule has 1 aliphatic heterocycles. The molecule has 1 saturated heterocycles. The molecule has 6 atom stereocenters. The second-order valence-corrected chi connectivity index (χ2v) is 10.6. The minimum atomic E-state index is -1.57. The summed E-state index contributed by atoms with van der Waals surface area (Å²) >= 11 is 0. The van der Waals surface area contributed by atoms with Crippen molar-refractivity contribution in [1.82, 2.24) is 0 Å². The number of hydrogen-bond acceptors (Lipinski definition) is 9. The van der Waals surface area contributed by atoms with Crippen LogP contribution < -0.4 is 0 Å². The van der Waals surface area contributed by atoms with Crippen LogP contribution in [0.3, 0.4) is 0 Å². The van der Waals surface area contributed by atoms with E-state index in [9.17, 15) is 20.1 Å². The number of carbonyl (C=O) groups excluding carboxylic acids is 1. The topological polar surface area (TPSA) is 157 Å². The molecule has 0 aromatic heterocycles. The highest BCUT2D eigenvalue weighted by Crippen LogP contribution is 2.22. The van der Waals surface area contributed by atoms with Crippen LogP contribution in [0.15, 0.2) is 0 Å². The maximum atomic E-state index is 11.7. The first-order valence-electron chi connectivity index (χ1n) is 9.98. The molecule has 168 valence electrons. The Hall–Kier alpha value is -0.593. The van der Waals surface area contributed by atoms with Crippen molar-refractivity contribution in [1.29, 1.82) is 0 Å². The lowest BCUT2D eigenvalue weighted by Crippen LogP contribution is -2.59. The van der Waals surface area contributed by atoms with Crippen molar-refractivity contribution in [2.24, 2.45) is 0 Å². The summed E-state index contributed by atoms with van der Waals surface area (Å²) in [5.74, 6) is -0.548. The predicted molar refractivity (Wildman–Crippen MR) is 105 cm³/mol. The fourth-order valence-corrected chi connectivity index (χ4v) is 2.91. The third-order valence-electron chi connectivity index (χ3n) is 4.55. The summed E-state index contributed by atoms with van der Waals surface area (Å²) in [6.45, 7) is 5.49. The average Bonchev–Trinajstić information content (AvgIpc) is 2.67. The Balaban J connectivity index is 0.000000887. The number of hydrogen-bond donors (Lipinski definition) is 6. The molecule has 0 saturated carbocycles. The van der Waals surface area contributed by atoms with E-state index in [4.69, 9.17) is 24.8 Å². The van der Waals surface area contributed by atoms with Gasteiger partial charge in [0.1, 0.15) is 18.3 Å².